The summed E-state index contributed by atoms with van der Waals surface area (Å²) in [5.74, 6) is 0.208. The third kappa shape index (κ3) is 5.14. The Labute approximate surface area is 159 Å². The first-order valence-corrected chi connectivity index (χ1v) is 9.04. The minimum absolute atomic E-state index is 0.0507. The maximum absolute atomic E-state index is 12.1. The predicted octanol–water partition coefficient (Wildman–Crippen LogP) is 3.61. The number of rotatable bonds is 7. The van der Waals surface area contributed by atoms with Crippen molar-refractivity contribution in [1.82, 2.24) is 10.2 Å². The van der Waals surface area contributed by atoms with Crippen molar-refractivity contribution in [3.05, 3.63) is 75.7 Å². The Hall–Kier alpha value is -3.20. The van der Waals surface area contributed by atoms with E-state index in [1.165, 1.54) is 12.1 Å². The zero-order valence-electron chi connectivity index (χ0n) is 14.4. The second-order valence-corrected chi connectivity index (χ2v) is 6.64. The van der Waals surface area contributed by atoms with Gasteiger partial charge in [0.05, 0.1) is 22.8 Å². The Morgan fingerprint density at radius 2 is 2.00 bits per heavy atom. The number of aryl methyl sites for hydroxylation is 1. The van der Waals surface area contributed by atoms with Gasteiger partial charge in [-0.2, -0.15) is 0 Å². The molecule has 9 heteroatoms. The molecule has 27 heavy (non-hydrogen) atoms. The van der Waals surface area contributed by atoms with Crippen molar-refractivity contribution in [2.24, 2.45) is 0 Å². The fraction of sp³-hybridized carbons (Fsp3) is 0.167. The summed E-state index contributed by atoms with van der Waals surface area (Å²) >= 11 is 1.11. The molecule has 0 aliphatic carbocycles. The molecule has 1 heterocycles. The molecule has 0 saturated heterocycles. The highest BCUT2D eigenvalue weighted by Gasteiger charge is 2.13. The Kier molecular flexibility index (Phi) is 5.82. The van der Waals surface area contributed by atoms with Crippen LogP contribution in [0.25, 0.3) is 0 Å². The summed E-state index contributed by atoms with van der Waals surface area (Å²) in [7, 11) is 0. The molecule has 0 spiro atoms. The molecule has 3 aromatic rings. The minimum Gasteiger partial charge on any atom is -0.416 e. The van der Waals surface area contributed by atoms with Crippen molar-refractivity contribution in [3.63, 3.8) is 0 Å². The molecule has 1 amide bonds. The van der Waals surface area contributed by atoms with Crippen LogP contribution in [0.15, 0.2) is 58.2 Å². The molecular formula is C18H16N4O4S. The maximum atomic E-state index is 12.1. The van der Waals surface area contributed by atoms with Crippen LogP contribution in [0.3, 0.4) is 0 Å². The number of aromatic nitrogens is 2. The van der Waals surface area contributed by atoms with Crippen molar-refractivity contribution in [2.75, 3.05) is 11.1 Å². The van der Waals surface area contributed by atoms with Crippen LogP contribution in [-0.2, 0) is 11.2 Å². The average molecular weight is 384 g/mol. The summed E-state index contributed by atoms with van der Waals surface area (Å²) < 4.78 is 5.53. The van der Waals surface area contributed by atoms with E-state index >= 15 is 0 Å². The van der Waals surface area contributed by atoms with Gasteiger partial charge in [-0.3, -0.25) is 14.9 Å². The average Bonchev–Trinajstić information content (AvgIpc) is 3.10. The third-order valence-electron chi connectivity index (χ3n) is 3.68. The quantitative estimate of drug-likeness (QED) is 0.376. The fourth-order valence-electron chi connectivity index (χ4n) is 2.31. The number of anilines is 1. The first kappa shape index (κ1) is 18.6. The SMILES string of the molecule is Cc1ccc([N+](=O)[O-])cc1NC(=O)CSc1nnc(Cc2ccccc2)o1. The summed E-state index contributed by atoms with van der Waals surface area (Å²) in [6.45, 7) is 1.76. The molecule has 2 aromatic carbocycles. The number of hydrogen-bond acceptors (Lipinski definition) is 7. The van der Waals surface area contributed by atoms with Gasteiger partial charge < -0.3 is 9.73 Å². The first-order chi connectivity index (χ1) is 13.0. The van der Waals surface area contributed by atoms with Gasteiger partial charge in [0.1, 0.15) is 0 Å². The number of benzene rings is 2. The Balaban J connectivity index is 1.55. The highest BCUT2D eigenvalue weighted by Crippen LogP contribution is 2.23. The third-order valence-corrected chi connectivity index (χ3v) is 4.50. The second-order valence-electron chi connectivity index (χ2n) is 5.72. The lowest BCUT2D eigenvalue weighted by Gasteiger charge is -2.07. The molecule has 0 unspecified atom stereocenters. The van der Waals surface area contributed by atoms with Gasteiger partial charge in [0.25, 0.3) is 10.9 Å². The van der Waals surface area contributed by atoms with Crippen molar-refractivity contribution in [2.45, 2.75) is 18.6 Å². The predicted molar refractivity (Wildman–Crippen MR) is 101 cm³/mol. The summed E-state index contributed by atoms with van der Waals surface area (Å²) in [5.41, 5.74) is 2.12. The summed E-state index contributed by atoms with van der Waals surface area (Å²) in [6, 6.07) is 14.0. The van der Waals surface area contributed by atoms with E-state index in [2.05, 4.69) is 15.5 Å². The number of nitro groups is 1. The van der Waals surface area contributed by atoms with E-state index in [-0.39, 0.29) is 17.3 Å². The Bertz CT molecular complexity index is 959. The molecule has 0 saturated carbocycles. The van der Waals surface area contributed by atoms with Gasteiger partial charge in [-0.05, 0) is 18.1 Å². The lowest BCUT2D eigenvalue weighted by atomic mass is 10.2. The minimum atomic E-state index is -0.503. The van der Waals surface area contributed by atoms with Gasteiger partial charge in [-0.25, -0.2) is 0 Å². The largest absolute Gasteiger partial charge is 0.416 e. The van der Waals surface area contributed by atoms with E-state index in [9.17, 15) is 14.9 Å². The van der Waals surface area contributed by atoms with Gasteiger partial charge in [0.2, 0.25) is 11.8 Å². The molecule has 0 fully saturated rings. The van der Waals surface area contributed by atoms with Crippen LogP contribution in [0.5, 0.6) is 0 Å². The van der Waals surface area contributed by atoms with E-state index in [0.29, 0.717) is 23.2 Å². The number of carbonyl (C=O) groups is 1. The molecule has 1 N–H and O–H groups in total. The number of thioether (sulfide) groups is 1. The fourth-order valence-corrected chi connectivity index (χ4v) is 2.89. The van der Waals surface area contributed by atoms with Gasteiger partial charge in [0.15, 0.2) is 0 Å². The van der Waals surface area contributed by atoms with Crippen LogP contribution in [0.2, 0.25) is 0 Å². The molecule has 0 aliphatic rings. The lowest BCUT2D eigenvalue weighted by molar-refractivity contribution is -0.384. The standard InChI is InChI=1S/C18H16N4O4S/c1-12-7-8-14(22(24)25)10-15(12)19-16(23)11-27-18-21-20-17(26-18)9-13-5-3-2-4-6-13/h2-8,10H,9,11H2,1H3,(H,19,23). The van der Waals surface area contributed by atoms with Crippen molar-refractivity contribution >= 4 is 29.0 Å². The molecule has 8 nitrogen and oxygen atoms in total. The molecule has 0 atom stereocenters. The van der Waals surface area contributed by atoms with E-state index in [1.807, 2.05) is 30.3 Å². The number of nitrogens with zero attached hydrogens (tertiary/aromatic N) is 3. The van der Waals surface area contributed by atoms with Crippen molar-refractivity contribution in [1.29, 1.82) is 0 Å². The number of carbonyl (C=O) groups excluding carboxylic acids is 1. The van der Waals surface area contributed by atoms with Crippen LogP contribution in [0.4, 0.5) is 11.4 Å². The smallest absolute Gasteiger partial charge is 0.277 e. The Morgan fingerprint density at radius 3 is 2.74 bits per heavy atom. The lowest BCUT2D eigenvalue weighted by Crippen LogP contribution is -2.15. The zero-order chi connectivity index (χ0) is 19.2. The molecule has 0 bridgehead atoms. The summed E-state index contributed by atoms with van der Waals surface area (Å²) in [6.07, 6.45) is 0.521. The topological polar surface area (TPSA) is 111 Å². The van der Waals surface area contributed by atoms with E-state index < -0.39 is 4.92 Å². The van der Waals surface area contributed by atoms with Crippen LogP contribution >= 0.6 is 11.8 Å². The first-order valence-electron chi connectivity index (χ1n) is 8.05. The number of nitro benzene ring substituents is 1. The molecule has 1 aromatic heterocycles. The van der Waals surface area contributed by atoms with Crippen LogP contribution < -0.4 is 5.32 Å². The molecular weight excluding hydrogens is 368 g/mol. The van der Waals surface area contributed by atoms with E-state index in [4.69, 9.17) is 4.42 Å². The number of hydrogen-bond donors (Lipinski definition) is 1. The van der Waals surface area contributed by atoms with E-state index in [0.717, 1.165) is 22.9 Å². The maximum Gasteiger partial charge on any atom is 0.277 e. The molecule has 0 radical (unpaired) electrons. The zero-order valence-corrected chi connectivity index (χ0v) is 15.2. The molecule has 3 rings (SSSR count). The van der Waals surface area contributed by atoms with Crippen LogP contribution in [0, 0.1) is 17.0 Å². The Morgan fingerprint density at radius 1 is 1.22 bits per heavy atom. The van der Waals surface area contributed by atoms with Gasteiger partial charge in [0, 0.05) is 12.1 Å². The van der Waals surface area contributed by atoms with Gasteiger partial charge >= 0.3 is 0 Å². The van der Waals surface area contributed by atoms with Crippen LogP contribution in [-0.4, -0.2) is 26.8 Å². The van der Waals surface area contributed by atoms with Crippen LogP contribution in [0.1, 0.15) is 17.0 Å². The number of non-ortho nitro benzene ring substituents is 1. The van der Waals surface area contributed by atoms with Gasteiger partial charge in [-0.1, -0.05) is 48.2 Å². The normalized spacial score (nSPS) is 10.6. The van der Waals surface area contributed by atoms with Gasteiger partial charge in [-0.15, -0.1) is 10.2 Å². The molecule has 138 valence electrons. The van der Waals surface area contributed by atoms with Crippen molar-refractivity contribution < 1.29 is 14.1 Å². The summed E-state index contributed by atoms with van der Waals surface area (Å²) in [5, 5.41) is 21.7. The highest BCUT2D eigenvalue weighted by molar-refractivity contribution is 7.99. The van der Waals surface area contributed by atoms with Crippen molar-refractivity contribution in [3.8, 4) is 0 Å². The molecule has 0 aliphatic heterocycles. The second kappa shape index (κ2) is 8.45. The summed E-state index contributed by atoms with van der Waals surface area (Å²) in [4.78, 5) is 22.5. The van der Waals surface area contributed by atoms with E-state index in [1.54, 1.807) is 13.0 Å². The highest BCUT2D eigenvalue weighted by atomic mass is 32.2. The number of amides is 1. The monoisotopic (exact) mass is 384 g/mol. The number of nitrogens with one attached hydrogen (secondary N) is 1.